The van der Waals surface area contributed by atoms with E-state index in [0.29, 0.717) is 0 Å². The number of nitrogens with one attached hydrogen (secondary N) is 1. The third-order valence-corrected chi connectivity index (χ3v) is 2.25. The van der Waals surface area contributed by atoms with Crippen molar-refractivity contribution in [3.05, 3.63) is 0 Å². The summed E-state index contributed by atoms with van der Waals surface area (Å²) in [6.45, 7) is 6.54. The van der Waals surface area contributed by atoms with Crippen molar-refractivity contribution in [1.82, 2.24) is 5.32 Å². The molecule has 1 amide bonds. The van der Waals surface area contributed by atoms with Gasteiger partial charge in [0.15, 0.2) is 0 Å². The number of alkyl halides is 3. The Kier molecular flexibility index (Phi) is 5.44. The van der Waals surface area contributed by atoms with Crippen LogP contribution in [0.15, 0.2) is 0 Å². The molecule has 0 fully saturated rings. The largest absolute Gasteiger partial charge is 0.444 e. The first-order valence-corrected chi connectivity index (χ1v) is 5.68. The van der Waals surface area contributed by atoms with Gasteiger partial charge in [-0.3, -0.25) is 0 Å². The molecule has 0 bridgehead atoms. The zero-order chi connectivity index (χ0) is 13.0. The molecule has 0 saturated carbocycles. The van der Waals surface area contributed by atoms with E-state index in [-0.39, 0.29) is 17.5 Å². The molecule has 0 spiro atoms. The van der Waals surface area contributed by atoms with Crippen LogP contribution in [0.1, 0.15) is 27.7 Å². The Labute approximate surface area is 97.1 Å². The standard InChI is InChI=1S/C9H16F3NO2S/c1-6(5-16-9(10,11)12)13-7(14)15-8(2,3)4/h6H,5H2,1-4H3,(H,13,14)/t6-/m1/s1. The Morgan fingerprint density at radius 3 is 2.25 bits per heavy atom. The number of hydrogen-bond donors (Lipinski definition) is 1. The average molecular weight is 259 g/mol. The number of amides is 1. The van der Waals surface area contributed by atoms with E-state index in [4.69, 9.17) is 4.74 Å². The summed E-state index contributed by atoms with van der Waals surface area (Å²) in [7, 11) is 0. The summed E-state index contributed by atoms with van der Waals surface area (Å²) in [4.78, 5) is 11.2. The number of rotatable bonds is 3. The molecule has 3 nitrogen and oxygen atoms in total. The minimum Gasteiger partial charge on any atom is -0.444 e. The van der Waals surface area contributed by atoms with Crippen LogP contribution in [0.4, 0.5) is 18.0 Å². The highest BCUT2D eigenvalue weighted by Crippen LogP contribution is 2.30. The summed E-state index contributed by atoms with van der Waals surface area (Å²) in [5, 5.41) is 2.33. The predicted molar refractivity (Wildman–Crippen MR) is 57.3 cm³/mol. The molecule has 0 aromatic carbocycles. The van der Waals surface area contributed by atoms with Gasteiger partial charge in [0.25, 0.3) is 0 Å². The lowest BCUT2D eigenvalue weighted by atomic mass is 10.2. The quantitative estimate of drug-likeness (QED) is 0.846. The fourth-order valence-electron chi connectivity index (χ4n) is 0.770. The van der Waals surface area contributed by atoms with Crippen molar-refractivity contribution in [2.45, 2.75) is 44.8 Å². The molecule has 16 heavy (non-hydrogen) atoms. The molecule has 0 radical (unpaired) electrons. The zero-order valence-electron chi connectivity index (χ0n) is 9.64. The maximum atomic E-state index is 11.8. The maximum absolute atomic E-state index is 11.8. The van der Waals surface area contributed by atoms with Crippen molar-refractivity contribution in [1.29, 1.82) is 0 Å². The zero-order valence-corrected chi connectivity index (χ0v) is 10.5. The number of alkyl carbamates (subject to hydrolysis) is 1. The van der Waals surface area contributed by atoms with Gasteiger partial charge in [-0.1, -0.05) is 0 Å². The summed E-state index contributed by atoms with van der Waals surface area (Å²) in [6.07, 6.45) is -0.706. The van der Waals surface area contributed by atoms with Crippen LogP contribution in [0.5, 0.6) is 0 Å². The second kappa shape index (κ2) is 5.65. The van der Waals surface area contributed by atoms with Crippen LogP contribution < -0.4 is 5.32 Å². The lowest BCUT2D eigenvalue weighted by molar-refractivity contribution is -0.0329. The van der Waals surface area contributed by atoms with Gasteiger partial charge in [0.2, 0.25) is 0 Å². The maximum Gasteiger partial charge on any atom is 0.441 e. The minimum absolute atomic E-state index is 0.169. The van der Waals surface area contributed by atoms with Gasteiger partial charge in [-0.2, -0.15) is 13.2 Å². The molecular weight excluding hydrogens is 243 g/mol. The van der Waals surface area contributed by atoms with Gasteiger partial charge in [-0.25, -0.2) is 4.79 Å². The Morgan fingerprint density at radius 1 is 1.38 bits per heavy atom. The number of carbonyl (C=O) groups excluding carboxylic acids is 1. The summed E-state index contributed by atoms with van der Waals surface area (Å²) in [5.41, 5.74) is -4.93. The third kappa shape index (κ3) is 9.95. The smallest absolute Gasteiger partial charge is 0.441 e. The number of halogens is 3. The molecule has 7 heteroatoms. The minimum atomic E-state index is -4.27. The molecular formula is C9H16F3NO2S. The first-order chi connectivity index (χ1) is 6.99. The number of ether oxygens (including phenoxy) is 1. The highest BCUT2D eigenvalue weighted by Gasteiger charge is 2.29. The van der Waals surface area contributed by atoms with Crippen LogP contribution in [0.2, 0.25) is 0 Å². The molecule has 1 N–H and O–H groups in total. The van der Waals surface area contributed by atoms with Gasteiger partial charge in [0, 0.05) is 11.8 Å². The Hall–Kier alpha value is -0.590. The van der Waals surface area contributed by atoms with Crippen LogP contribution in [0.25, 0.3) is 0 Å². The lowest BCUT2D eigenvalue weighted by Gasteiger charge is -2.22. The van der Waals surface area contributed by atoms with Crippen LogP contribution in [0, 0.1) is 0 Å². The van der Waals surface area contributed by atoms with E-state index in [0.717, 1.165) is 0 Å². The molecule has 0 aliphatic rings. The highest BCUT2D eigenvalue weighted by molar-refractivity contribution is 8.00. The Balaban J connectivity index is 3.88. The lowest BCUT2D eigenvalue weighted by Crippen LogP contribution is -2.39. The molecule has 0 aromatic rings. The number of thioether (sulfide) groups is 1. The van der Waals surface area contributed by atoms with E-state index in [1.165, 1.54) is 6.92 Å². The molecule has 1 atom stereocenters. The van der Waals surface area contributed by atoms with E-state index in [9.17, 15) is 18.0 Å². The van der Waals surface area contributed by atoms with Crippen molar-refractivity contribution < 1.29 is 22.7 Å². The first kappa shape index (κ1) is 15.4. The number of carbonyl (C=O) groups is 1. The summed E-state index contributed by atoms with van der Waals surface area (Å²) in [5.74, 6) is -0.233. The van der Waals surface area contributed by atoms with E-state index < -0.39 is 23.2 Å². The van der Waals surface area contributed by atoms with Crippen LogP contribution in [-0.4, -0.2) is 29.0 Å². The molecule has 0 aliphatic carbocycles. The molecule has 0 rings (SSSR count). The molecule has 0 unspecified atom stereocenters. The fraction of sp³-hybridized carbons (Fsp3) is 0.889. The van der Waals surface area contributed by atoms with Crippen LogP contribution in [-0.2, 0) is 4.74 Å². The topological polar surface area (TPSA) is 38.3 Å². The van der Waals surface area contributed by atoms with Crippen molar-refractivity contribution >= 4 is 17.9 Å². The van der Waals surface area contributed by atoms with E-state index in [2.05, 4.69) is 5.32 Å². The van der Waals surface area contributed by atoms with Gasteiger partial charge >= 0.3 is 11.6 Å². The average Bonchev–Trinajstić information content (AvgIpc) is 1.95. The second-order valence-corrected chi connectivity index (χ2v) is 5.39. The van der Waals surface area contributed by atoms with E-state index >= 15 is 0 Å². The van der Waals surface area contributed by atoms with Crippen molar-refractivity contribution in [2.75, 3.05) is 5.75 Å². The van der Waals surface area contributed by atoms with Crippen LogP contribution >= 0.6 is 11.8 Å². The Morgan fingerprint density at radius 2 is 1.88 bits per heavy atom. The predicted octanol–water partition coefficient (Wildman–Crippen LogP) is 3.15. The SMILES string of the molecule is C[C@H](CSC(F)(F)F)NC(=O)OC(C)(C)C. The number of hydrogen-bond acceptors (Lipinski definition) is 3. The summed E-state index contributed by atoms with van der Waals surface area (Å²) in [6, 6.07) is -0.596. The third-order valence-electron chi connectivity index (χ3n) is 1.26. The van der Waals surface area contributed by atoms with Crippen molar-refractivity contribution in [3.63, 3.8) is 0 Å². The summed E-state index contributed by atoms with van der Waals surface area (Å²) < 4.78 is 40.4. The Bertz CT molecular complexity index is 238. The van der Waals surface area contributed by atoms with E-state index in [1.54, 1.807) is 20.8 Å². The van der Waals surface area contributed by atoms with Gasteiger partial charge in [-0.15, -0.1) is 0 Å². The summed E-state index contributed by atoms with van der Waals surface area (Å²) >= 11 is -0.169. The normalized spacial score (nSPS) is 14.4. The van der Waals surface area contributed by atoms with Gasteiger partial charge in [0.05, 0.1) is 0 Å². The van der Waals surface area contributed by atoms with Crippen molar-refractivity contribution in [2.24, 2.45) is 0 Å². The van der Waals surface area contributed by atoms with Gasteiger partial charge in [-0.05, 0) is 39.5 Å². The monoisotopic (exact) mass is 259 g/mol. The second-order valence-electron chi connectivity index (χ2n) is 4.30. The first-order valence-electron chi connectivity index (χ1n) is 4.70. The molecule has 0 aromatic heterocycles. The van der Waals surface area contributed by atoms with Crippen molar-refractivity contribution in [3.8, 4) is 0 Å². The fourth-order valence-corrected chi connectivity index (χ4v) is 1.29. The van der Waals surface area contributed by atoms with Gasteiger partial charge in [0.1, 0.15) is 5.60 Å². The van der Waals surface area contributed by atoms with Gasteiger partial charge < -0.3 is 10.1 Å². The van der Waals surface area contributed by atoms with Crippen LogP contribution in [0.3, 0.4) is 0 Å². The molecule has 0 saturated heterocycles. The molecule has 0 aliphatic heterocycles. The van der Waals surface area contributed by atoms with E-state index in [1.807, 2.05) is 0 Å². The highest BCUT2D eigenvalue weighted by atomic mass is 32.2. The molecule has 0 heterocycles. The molecule has 96 valence electrons.